The summed E-state index contributed by atoms with van der Waals surface area (Å²) in [5.41, 5.74) is 3.36. The van der Waals surface area contributed by atoms with Gasteiger partial charge in [0.2, 0.25) is 0 Å². The Morgan fingerprint density at radius 1 is 1.29 bits per heavy atom. The maximum Gasteiger partial charge on any atom is 0.337 e. The molecule has 0 radical (unpaired) electrons. The molecular weight excluding hydrogens is 264 g/mol. The Morgan fingerprint density at radius 2 is 2.10 bits per heavy atom. The number of hydrogen-bond donors (Lipinski definition) is 1. The van der Waals surface area contributed by atoms with Crippen molar-refractivity contribution >= 4 is 12.0 Å². The lowest BCUT2D eigenvalue weighted by atomic mass is 10.1. The number of carboxylic acids is 1. The van der Waals surface area contributed by atoms with E-state index in [0.29, 0.717) is 0 Å². The fourth-order valence-corrected chi connectivity index (χ4v) is 2.41. The van der Waals surface area contributed by atoms with E-state index < -0.39 is 5.97 Å². The third-order valence-electron chi connectivity index (χ3n) is 3.60. The van der Waals surface area contributed by atoms with E-state index in [1.54, 1.807) is 6.07 Å². The molecule has 0 unspecified atom stereocenters. The van der Waals surface area contributed by atoms with Crippen LogP contribution in [0.4, 0.5) is 0 Å². The molecule has 1 aromatic heterocycles. The quantitative estimate of drug-likeness (QED) is 0.935. The number of aromatic nitrogens is 1. The van der Waals surface area contributed by atoms with E-state index >= 15 is 0 Å². The highest BCUT2D eigenvalue weighted by Gasteiger charge is 2.14. The number of carboxylic acid groups (broad SMARTS) is 1. The van der Waals surface area contributed by atoms with Crippen LogP contribution in [-0.4, -0.2) is 27.5 Å². The standard InChI is InChI=1S/C17H16N2O2/c20-17(21)15-10-14-7-9-19(12-16(14)18-11-15)8-6-13-4-2-1-3-5-13/h1-5,7,9-11H,6,8,12H2,(H,20,21). The van der Waals surface area contributed by atoms with Gasteiger partial charge in [-0.05, 0) is 24.1 Å². The molecule has 0 saturated heterocycles. The second-order valence-corrected chi connectivity index (χ2v) is 5.09. The zero-order valence-corrected chi connectivity index (χ0v) is 11.6. The first-order chi connectivity index (χ1) is 10.2. The predicted octanol–water partition coefficient (Wildman–Crippen LogP) is 2.81. The van der Waals surface area contributed by atoms with Crippen molar-refractivity contribution in [2.45, 2.75) is 13.0 Å². The average Bonchev–Trinajstić information content (AvgIpc) is 2.53. The molecule has 0 amide bonds. The highest BCUT2D eigenvalue weighted by Crippen LogP contribution is 2.19. The van der Waals surface area contributed by atoms with Crippen LogP contribution in [0.5, 0.6) is 0 Å². The van der Waals surface area contributed by atoms with Gasteiger partial charge in [-0.25, -0.2) is 4.79 Å². The van der Waals surface area contributed by atoms with Crippen molar-refractivity contribution in [3.63, 3.8) is 0 Å². The number of hydrogen-bond acceptors (Lipinski definition) is 3. The van der Waals surface area contributed by atoms with Crippen LogP contribution in [0.1, 0.15) is 27.2 Å². The van der Waals surface area contributed by atoms with E-state index in [1.165, 1.54) is 11.8 Å². The highest BCUT2D eigenvalue weighted by molar-refractivity contribution is 5.88. The first-order valence-electron chi connectivity index (χ1n) is 6.91. The van der Waals surface area contributed by atoms with E-state index in [1.807, 2.05) is 30.5 Å². The number of benzene rings is 1. The summed E-state index contributed by atoms with van der Waals surface area (Å²) in [6.07, 6.45) is 6.35. The summed E-state index contributed by atoms with van der Waals surface area (Å²) in [5, 5.41) is 8.97. The van der Waals surface area contributed by atoms with Crippen molar-refractivity contribution in [1.82, 2.24) is 9.88 Å². The SMILES string of the molecule is O=C(O)c1cnc2c(c1)C=CN(CCc1ccccc1)C2. The van der Waals surface area contributed by atoms with Gasteiger partial charge in [-0.15, -0.1) is 0 Å². The Labute approximate surface area is 123 Å². The third-order valence-corrected chi connectivity index (χ3v) is 3.60. The van der Waals surface area contributed by atoms with Crippen LogP contribution in [0.15, 0.2) is 48.8 Å². The molecule has 1 aliphatic rings. The Hall–Kier alpha value is -2.62. The first kappa shape index (κ1) is 13.4. The van der Waals surface area contributed by atoms with Crippen LogP contribution >= 0.6 is 0 Å². The molecule has 2 aromatic rings. The minimum atomic E-state index is -0.940. The molecule has 21 heavy (non-hydrogen) atoms. The zero-order chi connectivity index (χ0) is 14.7. The van der Waals surface area contributed by atoms with Crippen molar-refractivity contribution < 1.29 is 9.90 Å². The molecule has 4 nitrogen and oxygen atoms in total. The van der Waals surface area contributed by atoms with Crippen LogP contribution in [0.3, 0.4) is 0 Å². The number of carbonyl (C=O) groups is 1. The van der Waals surface area contributed by atoms with Gasteiger partial charge >= 0.3 is 5.97 Å². The van der Waals surface area contributed by atoms with Crippen molar-refractivity contribution in [1.29, 1.82) is 0 Å². The van der Waals surface area contributed by atoms with E-state index in [2.05, 4.69) is 22.0 Å². The second-order valence-electron chi connectivity index (χ2n) is 5.09. The largest absolute Gasteiger partial charge is 0.478 e. The lowest BCUT2D eigenvalue weighted by Crippen LogP contribution is -2.23. The number of nitrogens with zero attached hydrogens (tertiary/aromatic N) is 2. The minimum Gasteiger partial charge on any atom is -0.478 e. The fraction of sp³-hybridized carbons (Fsp3) is 0.176. The van der Waals surface area contributed by atoms with E-state index in [-0.39, 0.29) is 5.56 Å². The monoisotopic (exact) mass is 280 g/mol. The molecule has 1 N–H and O–H groups in total. The van der Waals surface area contributed by atoms with Gasteiger partial charge in [0, 0.05) is 24.5 Å². The molecule has 1 aromatic carbocycles. The van der Waals surface area contributed by atoms with Gasteiger partial charge < -0.3 is 10.0 Å². The van der Waals surface area contributed by atoms with Crippen molar-refractivity contribution in [2.75, 3.05) is 6.54 Å². The van der Waals surface area contributed by atoms with Crippen molar-refractivity contribution in [3.05, 3.63) is 71.2 Å². The Balaban J connectivity index is 1.67. The number of aromatic carboxylic acids is 1. The van der Waals surface area contributed by atoms with Gasteiger partial charge in [0.05, 0.1) is 17.8 Å². The minimum absolute atomic E-state index is 0.233. The molecule has 0 spiro atoms. The highest BCUT2D eigenvalue weighted by atomic mass is 16.4. The molecule has 106 valence electrons. The van der Waals surface area contributed by atoms with Crippen molar-refractivity contribution in [3.8, 4) is 0 Å². The third kappa shape index (κ3) is 3.11. The molecule has 1 aliphatic heterocycles. The summed E-state index contributed by atoms with van der Waals surface area (Å²) in [7, 11) is 0. The van der Waals surface area contributed by atoms with E-state index in [0.717, 1.165) is 30.8 Å². The molecule has 0 fully saturated rings. The van der Waals surface area contributed by atoms with Crippen LogP contribution in [-0.2, 0) is 13.0 Å². The number of fused-ring (bicyclic) bond motifs is 1. The Bertz CT molecular complexity index is 680. The van der Waals surface area contributed by atoms with Crippen LogP contribution in [0.2, 0.25) is 0 Å². The molecule has 0 aliphatic carbocycles. The van der Waals surface area contributed by atoms with Crippen LogP contribution in [0, 0.1) is 0 Å². The molecule has 2 heterocycles. The summed E-state index contributed by atoms with van der Waals surface area (Å²) in [6.45, 7) is 1.64. The normalized spacial score (nSPS) is 13.0. The topological polar surface area (TPSA) is 53.4 Å². The zero-order valence-electron chi connectivity index (χ0n) is 11.6. The van der Waals surface area contributed by atoms with Gasteiger partial charge in [0.15, 0.2) is 0 Å². The van der Waals surface area contributed by atoms with Gasteiger partial charge in [-0.3, -0.25) is 4.98 Å². The first-order valence-corrected chi connectivity index (χ1v) is 6.91. The average molecular weight is 280 g/mol. The van der Waals surface area contributed by atoms with Crippen LogP contribution in [0.25, 0.3) is 6.08 Å². The number of pyridine rings is 1. The number of rotatable bonds is 4. The van der Waals surface area contributed by atoms with Gasteiger partial charge in [0.1, 0.15) is 0 Å². The van der Waals surface area contributed by atoms with E-state index in [9.17, 15) is 4.79 Å². The van der Waals surface area contributed by atoms with Gasteiger partial charge in [-0.2, -0.15) is 0 Å². The van der Waals surface area contributed by atoms with E-state index in [4.69, 9.17) is 5.11 Å². The maximum atomic E-state index is 10.9. The van der Waals surface area contributed by atoms with Gasteiger partial charge in [-0.1, -0.05) is 30.3 Å². The molecule has 0 saturated carbocycles. The predicted molar refractivity (Wildman–Crippen MR) is 80.8 cm³/mol. The molecule has 4 heteroatoms. The Morgan fingerprint density at radius 3 is 2.86 bits per heavy atom. The maximum absolute atomic E-state index is 10.9. The van der Waals surface area contributed by atoms with Crippen molar-refractivity contribution in [2.24, 2.45) is 0 Å². The lowest BCUT2D eigenvalue weighted by Gasteiger charge is -2.24. The summed E-state index contributed by atoms with van der Waals surface area (Å²) in [4.78, 5) is 17.4. The smallest absolute Gasteiger partial charge is 0.337 e. The molecule has 3 rings (SSSR count). The summed E-state index contributed by atoms with van der Waals surface area (Å²) in [6, 6.07) is 12.0. The molecule has 0 atom stereocenters. The second kappa shape index (κ2) is 5.79. The van der Waals surface area contributed by atoms with Gasteiger partial charge in [0.25, 0.3) is 0 Å². The fourth-order valence-electron chi connectivity index (χ4n) is 2.41. The molecular formula is C17H16N2O2. The van der Waals surface area contributed by atoms with Crippen LogP contribution < -0.4 is 0 Å². The molecule has 0 bridgehead atoms. The Kier molecular flexibility index (Phi) is 3.69. The summed E-state index contributed by atoms with van der Waals surface area (Å²) < 4.78 is 0. The summed E-state index contributed by atoms with van der Waals surface area (Å²) >= 11 is 0. The lowest BCUT2D eigenvalue weighted by molar-refractivity contribution is 0.0696. The summed E-state index contributed by atoms with van der Waals surface area (Å²) in [5.74, 6) is -0.940.